The highest BCUT2D eigenvalue weighted by molar-refractivity contribution is 6.32. The summed E-state index contributed by atoms with van der Waals surface area (Å²) < 4.78 is 10.5. The van der Waals surface area contributed by atoms with Gasteiger partial charge in [0.1, 0.15) is 0 Å². The van der Waals surface area contributed by atoms with E-state index in [0.717, 1.165) is 19.5 Å². The molecule has 1 N–H and O–H groups in total. The van der Waals surface area contributed by atoms with E-state index in [4.69, 9.17) is 21.1 Å². The van der Waals surface area contributed by atoms with Gasteiger partial charge >= 0.3 is 0 Å². The van der Waals surface area contributed by atoms with Crippen LogP contribution in [0.5, 0.6) is 11.5 Å². The highest BCUT2D eigenvalue weighted by Gasteiger charge is 2.23. The van der Waals surface area contributed by atoms with Crippen molar-refractivity contribution >= 4 is 23.2 Å². The van der Waals surface area contributed by atoms with Crippen molar-refractivity contribution in [2.75, 3.05) is 38.8 Å². The van der Waals surface area contributed by atoms with Gasteiger partial charge in [0, 0.05) is 30.9 Å². The van der Waals surface area contributed by atoms with E-state index in [0.29, 0.717) is 34.5 Å². The zero-order valence-corrected chi connectivity index (χ0v) is 15.8. The van der Waals surface area contributed by atoms with Crippen LogP contribution in [0.3, 0.4) is 0 Å². The lowest BCUT2D eigenvalue weighted by atomic mass is 10.1. The normalized spacial score (nSPS) is 16.4. The molecule has 1 fully saturated rings. The van der Waals surface area contributed by atoms with E-state index in [1.165, 1.54) is 19.9 Å². The Labute approximate surface area is 158 Å². The third kappa shape index (κ3) is 4.05. The van der Waals surface area contributed by atoms with Gasteiger partial charge in [0.15, 0.2) is 11.5 Å². The van der Waals surface area contributed by atoms with Crippen molar-refractivity contribution in [3.05, 3.63) is 53.1 Å². The summed E-state index contributed by atoms with van der Waals surface area (Å²) in [4.78, 5) is 14.8. The van der Waals surface area contributed by atoms with E-state index in [1.807, 2.05) is 18.2 Å². The fraction of sp³-hybridized carbons (Fsp3) is 0.350. The maximum Gasteiger partial charge on any atom is 0.251 e. The number of anilines is 1. The van der Waals surface area contributed by atoms with Gasteiger partial charge < -0.3 is 19.7 Å². The number of carbonyl (C=O) groups is 1. The van der Waals surface area contributed by atoms with E-state index < -0.39 is 0 Å². The van der Waals surface area contributed by atoms with Crippen LogP contribution >= 0.6 is 11.6 Å². The second-order valence-electron chi connectivity index (χ2n) is 6.34. The molecule has 1 saturated heterocycles. The lowest BCUT2D eigenvalue weighted by molar-refractivity contribution is 0.0948. The third-order valence-electron chi connectivity index (χ3n) is 4.65. The Hall–Kier alpha value is -2.40. The van der Waals surface area contributed by atoms with Crippen LogP contribution in [0.15, 0.2) is 42.5 Å². The summed E-state index contributed by atoms with van der Waals surface area (Å²) in [5, 5.41) is 3.36. The quantitative estimate of drug-likeness (QED) is 0.839. The zero-order chi connectivity index (χ0) is 18.5. The number of nitrogens with one attached hydrogen (secondary N) is 1. The first-order chi connectivity index (χ1) is 12.6. The molecule has 1 aliphatic rings. The molecule has 0 radical (unpaired) electrons. The summed E-state index contributed by atoms with van der Waals surface area (Å²) in [6, 6.07) is 13.6. The number of para-hydroxylation sites is 1. The van der Waals surface area contributed by atoms with Gasteiger partial charge in [0.25, 0.3) is 5.91 Å². The van der Waals surface area contributed by atoms with Crippen LogP contribution < -0.4 is 19.7 Å². The average molecular weight is 375 g/mol. The van der Waals surface area contributed by atoms with E-state index in [1.54, 1.807) is 12.1 Å². The van der Waals surface area contributed by atoms with Crippen LogP contribution in [-0.2, 0) is 0 Å². The fourth-order valence-corrected chi connectivity index (χ4v) is 3.55. The molecule has 3 rings (SSSR count). The Morgan fingerprint density at radius 2 is 2.00 bits per heavy atom. The van der Waals surface area contributed by atoms with Crippen molar-refractivity contribution in [1.82, 2.24) is 5.32 Å². The van der Waals surface area contributed by atoms with Crippen LogP contribution in [0.2, 0.25) is 5.02 Å². The Morgan fingerprint density at radius 3 is 2.69 bits per heavy atom. The molecule has 1 unspecified atom stereocenters. The molecule has 0 spiro atoms. The second kappa shape index (κ2) is 8.32. The summed E-state index contributed by atoms with van der Waals surface area (Å²) in [5.41, 5.74) is 1.69. The maximum absolute atomic E-state index is 12.5. The lowest BCUT2D eigenvalue weighted by Crippen LogP contribution is -2.31. The number of rotatable bonds is 6. The monoisotopic (exact) mass is 374 g/mol. The van der Waals surface area contributed by atoms with Gasteiger partial charge in [-0.05, 0) is 36.6 Å². The first-order valence-corrected chi connectivity index (χ1v) is 9.00. The number of hydrogen-bond donors (Lipinski definition) is 1. The molecule has 1 amide bonds. The first-order valence-electron chi connectivity index (χ1n) is 8.62. The lowest BCUT2D eigenvalue weighted by Gasteiger charge is -2.18. The molecule has 138 valence electrons. The number of halogens is 1. The van der Waals surface area contributed by atoms with Gasteiger partial charge in [-0.15, -0.1) is 0 Å². The van der Waals surface area contributed by atoms with Crippen molar-refractivity contribution < 1.29 is 14.3 Å². The highest BCUT2D eigenvalue weighted by atomic mass is 35.5. The van der Waals surface area contributed by atoms with Crippen molar-refractivity contribution in [3.63, 3.8) is 0 Å². The van der Waals surface area contributed by atoms with Crippen molar-refractivity contribution in [2.24, 2.45) is 5.92 Å². The van der Waals surface area contributed by atoms with Gasteiger partial charge in [-0.2, -0.15) is 0 Å². The molecule has 0 saturated carbocycles. The number of amides is 1. The van der Waals surface area contributed by atoms with Gasteiger partial charge in [0.2, 0.25) is 0 Å². The molecule has 5 nitrogen and oxygen atoms in total. The molecule has 26 heavy (non-hydrogen) atoms. The number of methoxy groups -OCH3 is 2. The van der Waals surface area contributed by atoms with Gasteiger partial charge in [-0.1, -0.05) is 29.8 Å². The molecule has 1 heterocycles. The summed E-state index contributed by atoms with van der Waals surface area (Å²) in [5.74, 6) is 1.14. The standard InChI is InChI=1S/C20H23ClN2O3/c1-25-18-11-15(10-17(21)19(18)26-2)20(24)22-12-14-8-9-23(13-14)16-6-4-3-5-7-16/h3-7,10-11,14H,8-9,12-13H2,1-2H3,(H,22,24). The van der Waals surface area contributed by atoms with Crippen molar-refractivity contribution in [3.8, 4) is 11.5 Å². The van der Waals surface area contributed by atoms with Gasteiger partial charge in [-0.3, -0.25) is 4.79 Å². The summed E-state index contributed by atoms with van der Waals surface area (Å²) in [6.45, 7) is 2.58. The molecule has 0 aromatic heterocycles. The van der Waals surface area contributed by atoms with Crippen molar-refractivity contribution in [1.29, 1.82) is 0 Å². The van der Waals surface area contributed by atoms with Crippen LogP contribution in [0.25, 0.3) is 0 Å². The number of nitrogens with zero attached hydrogens (tertiary/aromatic N) is 1. The van der Waals surface area contributed by atoms with E-state index in [9.17, 15) is 4.79 Å². The molecule has 2 aromatic rings. The molecule has 0 aliphatic carbocycles. The summed E-state index contributed by atoms with van der Waals surface area (Å²) >= 11 is 6.18. The molecular weight excluding hydrogens is 352 g/mol. The number of benzene rings is 2. The topological polar surface area (TPSA) is 50.8 Å². The SMILES string of the molecule is COc1cc(C(=O)NCC2CCN(c3ccccc3)C2)cc(Cl)c1OC. The minimum absolute atomic E-state index is 0.161. The smallest absolute Gasteiger partial charge is 0.251 e. The van der Waals surface area contributed by atoms with Crippen LogP contribution in [0, 0.1) is 5.92 Å². The Kier molecular flexibility index (Phi) is 5.89. The molecule has 1 atom stereocenters. The Morgan fingerprint density at radius 1 is 1.23 bits per heavy atom. The zero-order valence-electron chi connectivity index (χ0n) is 15.0. The van der Waals surface area contributed by atoms with Gasteiger partial charge in [0.05, 0.1) is 19.2 Å². The predicted molar refractivity (Wildman–Crippen MR) is 104 cm³/mol. The fourth-order valence-electron chi connectivity index (χ4n) is 3.26. The van der Waals surface area contributed by atoms with E-state index >= 15 is 0 Å². The van der Waals surface area contributed by atoms with Crippen LogP contribution in [-0.4, -0.2) is 39.8 Å². The molecule has 6 heteroatoms. The van der Waals surface area contributed by atoms with Crippen LogP contribution in [0.4, 0.5) is 5.69 Å². The predicted octanol–water partition coefficient (Wildman–Crippen LogP) is 3.61. The average Bonchev–Trinajstić information content (AvgIpc) is 3.15. The van der Waals surface area contributed by atoms with Gasteiger partial charge in [-0.25, -0.2) is 0 Å². The number of ether oxygens (including phenoxy) is 2. The second-order valence-corrected chi connectivity index (χ2v) is 6.75. The van der Waals surface area contributed by atoms with Crippen LogP contribution in [0.1, 0.15) is 16.8 Å². The molecule has 1 aliphatic heterocycles. The van der Waals surface area contributed by atoms with E-state index in [-0.39, 0.29) is 5.91 Å². The number of hydrogen-bond acceptors (Lipinski definition) is 4. The van der Waals surface area contributed by atoms with E-state index in [2.05, 4.69) is 22.3 Å². The summed E-state index contributed by atoms with van der Waals surface area (Å²) in [7, 11) is 3.04. The minimum atomic E-state index is -0.161. The largest absolute Gasteiger partial charge is 0.493 e. The Balaban J connectivity index is 1.59. The first kappa shape index (κ1) is 18.4. The summed E-state index contributed by atoms with van der Waals surface area (Å²) in [6.07, 6.45) is 1.06. The molecule has 0 bridgehead atoms. The highest BCUT2D eigenvalue weighted by Crippen LogP contribution is 2.36. The molecular formula is C20H23ClN2O3. The number of carbonyl (C=O) groups excluding carboxylic acids is 1. The Bertz CT molecular complexity index is 767. The van der Waals surface area contributed by atoms with Crippen molar-refractivity contribution in [2.45, 2.75) is 6.42 Å². The molecule has 2 aromatic carbocycles. The minimum Gasteiger partial charge on any atom is -0.493 e. The maximum atomic E-state index is 12.5. The third-order valence-corrected chi connectivity index (χ3v) is 4.93.